The average Bonchev–Trinajstić information content (AvgIpc) is 3.28. The van der Waals surface area contributed by atoms with Gasteiger partial charge in [-0.3, -0.25) is 4.79 Å². The predicted molar refractivity (Wildman–Crippen MR) is 100 cm³/mol. The Morgan fingerprint density at radius 2 is 1.90 bits per heavy atom. The summed E-state index contributed by atoms with van der Waals surface area (Å²) in [5.74, 6) is 0.0403. The monoisotopic (exact) mass is 433 g/mol. The van der Waals surface area contributed by atoms with Crippen LogP contribution < -0.4 is 4.74 Å². The molecule has 9 nitrogen and oxygen atoms in total. The zero-order chi connectivity index (χ0) is 22.0. The molecule has 4 rings (SSSR count). The lowest BCUT2D eigenvalue weighted by Gasteiger charge is -2.32. The lowest BCUT2D eigenvalue weighted by atomic mass is 10.1. The summed E-state index contributed by atoms with van der Waals surface area (Å²) in [6.07, 6.45) is 2.48. The van der Waals surface area contributed by atoms with Crippen LogP contribution >= 0.6 is 0 Å². The first-order chi connectivity index (χ1) is 14.8. The second-order valence-corrected chi connectivity index (χ2v) is 7.07. The van der Waals surface area contributed by atoms with E-state index in [1.54, 1.807) is 17.2 Å². The minimum absolute atomic E-state index is 0.0223. The fourth-order valence-electron chi connectivity index (χ4n) is 3.29. The number of piperidine rings is 1. The van der Waals surface area contributed by atoms with Crippen LogP contribution in [0.5, 0.6) is 5.88 Å². The summed E-state index contributed by atoms with van der Waals surface area (Å²) in [4.78, 5) is 27.5. The number of ether oxygens (including phenoxy) is 1. The van der Waals surface area contributed by atoms with Gasteiger partial charge in [0.15, 0.2) is 11.5 Å². The van der Waals surface area contributed by atoms with Crippen molar-refractivity contribution in [2.45, 2.75) is 32.0 Å². The van der Waals surface area contributed by atoms with Gasteiger partial charge in [-0.1, -0.05) is 0 Å². The maximum Gasteiger partial charge on any atom is 0.434 e. The molecular formula is C19H18F3N7O2. The summed E-state index contributed by atoms with van der Waals surface area (Å²) in [6, 6.07) is 1.72. The molecule has 0 N–H and O–H groups in total. The van der Waals surface area contributed by atoms with E-state index in [1.165, 1.54) is 17.2 Å². The van der Waals surface area contributed by atoms with Crippen molar-refractivity contribution in [1.29, 1.82) is 0 Å². The fraction of sp³-hybridized carbons (Fsp3) is 0.368. The van der Waals surface area contributed by atoms with Crippen LogP contribution in [0.15, 0.2) is 37.1 Å². The van der Waals surface area contributed by atoms with Gasteiger partial charge in [0.1, 0.15) is 6.10 Å². The molecule has 0 bridgehead atoms. The van der Waals surface area contributed by atoms with Crippen LogP contribution in [0, 0.1) is 6.92 Å². The summed E-state index contributed by atoms with van der Waals surface area (Å²) in [6.45, 7) is 2.59. The van der Waals surface area contributed by atoms with Crippen LogP contribution in [0.3, 0.4) is 0 Å². The molecule has 1 atom stereocenters. The molecule has 0 saturated carbocycles. The molecule has 1 amide bonds. The van der Waals surface area contributed by atoms with Gasteiger partial charge in [0.25, 0.3) is 5.91 Å². The van der Waals surface area contributed by atoms with Gasteiger partial charge >= 0.3 is 6.18 Å². The van der Waals surface area contributed by atoms with Crippen molar-refractivity contribution in [1.82, 2.24) is 34.8 Å². The lowest BCUT2D eigenvalue weighted by Crippen LogP contribution is -2.44. The van der Waals surface area contributed by atoms with Crippen molar-refractivity contribution >= 4 is 5.91 Å². The quantitative estimate of drug-likeness (QED) is 0.623. The molecule has 0 unspecified atom stereocenters. The van der Waals surface area contributed by atoms with Crippen molar-refractivity contribution in [2.24, 2.45) is 0 Å². The molecular weight excluding hydrogens is 415 g/mol. The Labute approximate surface area is 174 Å². The van der Waals surface area contributed by atoms with E-state index in [9.17, 15) is 18.0 Å². The highest BCUT2D eigenvalue weighted by Crippen LogP contribution is 2.27. The van der Waals surface area contributed by atoms with Crippen LogP contribution in [0.4, 0.5) is 13.2 Å². The van der Waals surface area contributed by atoms with E-state index in [1.807, 2.05) is 6.92 Å². The molecule has 3 aromatic rings. The Balaban J connectivity index is 1.49. The first kappa shape index (κ1) is 20.7. The third kappa shape index (κ3) is 4.62. The number of hydrogen-bond donors (Lipinski definition) is 0. The summed E-state index contributed by atoms with van der Waals surface area (Å²) < 4.78 is 43.6. The first-order valence-corrected chi connectivity index (χ1v) is 9.50. The number of carbonyl (C=O) groups excluding carboxylic acids is 1. The number of pyridine rings is 1. The average molecular weight is 433 g/mol. The number of hydrogen-bond acceptors (Lipinski definition) is 7. The van der Waals surface area contributed by atoms with Crippen LogP contribution in [0.1, 0.15) is 34.5 Å². The Hall–Kier alpha value is -3.57. The Morgan fingerprint density at radius 3 is 2.58 bits per heavy atom. The number of rotatable bonds is 4. The normalized spacial score (nSPS) is 16.9. The van der Waals surface area contributed by atoms with E-state index >= 15 is 0 Å². The van der Waals surface area contributed by atoms with E-state index in [-0.39, 0.29) is 18.3 Å². The highest BCUT2D eigenvalue weighted by Gasteiger charge is 2.33. The standard InChI is InChI=1S/C19H18F3N7O2/c1-12-7-14(17(25-8-12)29-26-4-5-27-29)18(30)28-6-2-3-13(11-28)31-16-10-23-15(9-24-16)19(20,21)22/h4-5,7-10,13H,2-3,6,11H2,1H3/t13-/m1/s1. The summed E-state index contributed by atoms with van der Waals surface area (Å²) in [5.41, 5.74) is 0.0715. The summed E-state index contributed by atoms with van der Waals surface area (Å²) in [7, 11) is 0. The van der Waals surface area contributed by atoms with Crippen LogP contribution in [-0.2, 0) is 6.18 Å². The molecule has 1 aliphatic rings. The number of aromatic nitrogens is 6. The van der Waals surface area contributed by atoms with Gasteiger partial charge in [0.05, 0.1) is 36.9 Å². The van der Waals surface area contributed by atoms with Crippen molar-refractivity contribution in [3.05, 3.63) is 53.9 Å². The van der Waals surface area contributed by atoms with Crippen molar-refractivity contribution in [3.8, 4) is 11.7 Å². The van der Waals surface area contributed by atoms with Gasteiger partial charge in [0, 0.05) is 12.7 Å². The molecule has 162 valence electrons. The second kappa shape index (κ2) is 8.28. The molecule has 1 saturated heterocycles. The highest BCUT2D eigenvalue weighted by molar-refractivity contribution is 5.97. The van der Waals surface area contributed by atoms with E-state index in [0.29, 0.717) is 37.0 Å². The molecule has 0 aliphatic carbocycles. The Bertz CT molecular complexity index is 1060. The molecule has 1 fully saturated rings. The zero-order valence-electron chi connectivity index (χ0n) is 16.5. The van der Waals surface area contributed by atoms with Crippen molar-refractivity contribution in [2.75, 3.05) is 13.1 Å². The molecule has 1 aliphatic heterocycles. The van der Waals surface area contributed by atoms with Crippen LogP contribution in [0.2, 0.25) is 0 Å². The highest BCUT2D eigenvalue weighted by atomic mass is 19.4. The fourth-order valence-corrected chi connectivity index (χ4v) is 3.29. The number of aryl methyl sites for hydroxylation is 1. The third-order valence-corrected chi connectivity index (χ3v) is 4.71. The van der Waals surface area contributed by atoms with Crippen molar-refractivity contribution in [3.63, 3.8) is 0 Å². The van der Waals surface area contributed by atoms with Crippen molar-refractivity contribution < 1.29 is 22.7 Å². The van der Waals surface area contributed by atoms with Gasteiger partial charge in [-0.25, -0.2) is 15.0 Å². The Morgan fingerprint density at radius 1 is 1.13 bits per heavy atom. The van der Waals surface area contributed by atoms with E-state index in [2.05, 4.69) is 25.1 Å². The number of halogens is 3. The number of nitrogens with zero attached hydrogens (tertiary/aromatic N) is 7. The SMILES string of the molecule is Cc1cnc(-n2nccn2)c(C(=O)N2CCC[C@@H](Oc3cnc(C(F)(F)F)cn3)C2)c1. The molecule has 0 aromatic carbocycles. The van der Waals surface area contributed by atoms with E-state index in [0.717, 1.165) is 11.8 Å². The zero-order valence-corrected chi connectivity index (χ0v) is 16.5. The molecule has 0 spiro atoms. The van der Waals surface area contributed by atoms with Gasteiger partial charge < -0.3 is 9.64 Å². The summed E-state index contributed by atoms with van der Waals surface area (Å²) >= 11 is 0. The largest absolute Gasteiger partial charge is 0.471 e. The summed E-state index contributed by atoms with van der Waals surface area (Å²) in [5, 5.41) is 8.10. The number of likely N-dealkylation sites (tertiary alicyclic amines) is 1. The number of amides is 1. The smallest absolute Gasteiger partial charge is 0.434 e. The number of alkyl halides is 3. The van der Waals surface area contributed by atoms with E-state index < -0.39 is 18.0 Å². The molecule has 31 heavy (non-hydrogen) atoms. The topological polar surface area (TPSA) is 98.9 Å². The maximum absolute atomic E-state index is 13.2. The van der Waals surface area contributed by atoms with Gasteiger partial charge in [-0.2, -0.15) is 23.4 Å². The molecule has 12 heteroatoms. The lowest BCUT2D eigenvalue weighted by molar-refractivity contribution is -0.141. The predicted octanol–water partition coefficient (Wildman–Crippen LogP) is 2.46. The van der Waals surface area contributed by atoms with Gasteiger partial charge in [-0.05, 0) is 31.4 Å². The van der Waals surface area contributed by atoms with Gasteiger partial charge in [0.2, 0.25) is 5.88 Å². The molecule has 0 radical (unpaired) electrons. The van der Waals surface area contributed by atoms with E-state index in [4.69, 9.17) is 4.74 Å². The third-order valence-electron chi connectivity index (χ3n) is 4.71. The first-order valence-electron chi connectivity index (χ1n) is 9.50. The van der Waals surface area contributed by atoms with Crippen LogP contribution in [0.25, 0.3) is 5.82 Å². The Kier molecular flexibility index (Phi) is 5.53. The second-order valence-electron chi connectivity index (χ2n) is 7.07. The van der Waals surface area contributed by atoms with Gasteiger partial charge in [-0.15, -0.1) is 4.80 Å². The van der Waals surface area contributed by atoms with Crippen LogP contribution in [-0.4, -0.2) is 59.9 Å². The molecule has 3 aromatic heterocycles. The minimum atomic E-state index is -4.57. The minimum Gasteiger partial charge on any atom is -0.471 e. The molecule has 4 heterocycles. The number of carbonyl (C=O) groups is 1. The maximum atomic E-state index is 13.2.